The summed E-state index contributed by atoms with van der Waals surface area (Å²) in [4.78, 5) is 0. The fourth-order valence-electron chi connectivity index (χ4n) is 1.72. The molecule has 0 amide bonds. The van der Waals surface area contributed by atoms with Gasteiger partial charge in [0, 0.05) is 19.3 Å². The second kappa shape index (κ2) is 8.31. The van der Waals surface area contributed by atoms with Gasteiger partial charge in [-0.15, -0.1) is 0 Å². The molecule has 0 spiro atoms. The van der Waals surface area contributed by atoms with Crippen LogP contribution in [0.5, 0.6) is 0 Å². The van der Waals surface area contributed by atoms with E-state index in [0.717, 1.165) is 32.5 Å². The van der Waals surface area contributed by atoms with Crippen LogP contribution in [0.15, 0.2) is 30.3 Å². The molecule has 0 fully saturated rings. The molecule has 0 aromatic heterocycles. The van der Waals surface area contributed by atoms with Crippen molar-refractivity contribution in [2.75, 3.05) is 20.3 Å². The van der Waals surface area contributed by atoms with Crippen molar-refractivity contribution in [3.63, 3.8) is 0 Å². The zero-order valence-electron chi connectivity index (χ0n) is 10.4. The molecule has 1 rings (SSSR count). The Hall–Kier alpha value is -0.860. The average Bonchev–Trinajstić information content (AvgIpc) is 2.34. The highest BCUT2D eigenvalue weighted by molar-refractivity contribution is 5.15. The van der Waals surface area contributed by atoms with Gasteiger partial charge in [-0.2, -0.15) is 0 Å². The summed E-state index contributed by atoms with van der Waals surface area (Å²) in [5.74, 6) is 0. The molecule has 1 unspecified atom stereocenters. The summed E-state index contributed by atoms with van der Waals surface area (Å²) < 4.78 is 5.51. The van der Waals surface area contributed by atoms with E-state index in [0.29, 0.717) is 6.04 Å². The van der Waals surface area contributed by atoms with Gasteiger partial charge in [0.25, 0.3) is 0 Å². The molecule has 0 heterocycles. The Morgan fingerprint density at radius 2 is 1.94 bits per heavy atom. The van der Waals surface area contributed by atoms with Gasteiger partial charge in [0.15, 0.2) is 0 Å². The van der Waals surface area contributed by atoms with Crippen LogP contribution in [0.2, 0.25) is 0 Å². The molecule has 0 saturated carbocycles. The number of hydrogen-bond donors (Lipinski definition) is 1. The molecule has 2 heteroatoms. The van der Waals surface area contributed by atoms with E-state index < -0.39 is 0 Å². The lowest BCUT2D eigenvalue weighted by Crippen LogP contribution is -2.29. The lowest BCUT2D eigenvalue weighted by molar-refractivity contribution is 0.125. The van der Waals surface area contributed by atoms with Crippen LogP contribution in [0.1, 0.15) is 25.3 Å². The highest BCUT2D eigenvalue weighted by Crippen LogP contribution is 2.05. The van der Waals surface area contributed by atoms with Crippen molar-refractivity contribution in [3.8, 4) is 0 Å². The standard InChI is InChI=1S/C14H23NO/c1-3-10-16-11-9-14(15-2)12-13-7-5-4-6-8-13/h4-8,14-15H,3,9-12H2,1-2H3. The maximum Gasteiger partial charge on any atom is 0.0480 e. The van der Waals surface area contributed by atoms with Crippen molar-refractivity contribution in [1.82, 2.24) is 5.32 Å². The molecule has 2 nitrogen and oxygen atoms in total. The van der Waals surface area contributed by atoms with Gasteiger partial charge < -0.3 is 10.1 Å². The summed E-state index contributed by atoms with van der Waals surface area (Å²) in [6, 6.07) is 11.1. The average molecular weight is 221 g/mol. The van der Waals surface area contributed by atoms with E-state index in [-0.39, 0.29) is 0 Å². The number of ether oxygens (including phenoxy) is 1. The summed E-state index contributed by atoms with van der Waals surface area (Å²) in [5.41, 5.74) is 1.39. The predicted molar refractivity (Wildman–Crippen MR) is 68.7 cm³/mol. The van der Waals surface area contributed by atoms with E-state index in [1.807, 2.05) is 7.05 Å². The molecule has 1 aromatic carbocycles. The molecule has 0 aliphatic rings. The predicted octanol–water partition coefficient (Wildman–Crippen LogP) is 2.63. The smallest absolute Gasteiger partial charge is 0.0480 e. The third kappa shape index (κ3) is 5.29. The van der Waals surface area contributed by atoms with Crippen LogP contribution in [0.3, 0.4) is 0 Å². The fourth-order valence-corrected chi connectivity index (χ4v) is 1.72. The first kappa shape index (κ1) is 13.2. The minimum absolute atomic E-state index is 0.513. The number of nitrogens with one attached hydrogen (secondary N) is 1. The Bertz CT molecular complexity index is 261. The summed E-state index contributed by atoms with van der Waals surface area (Å²) >= 11 is 0. The van der Waals surface area contributed by atoms with Gasteiger partial charge >= 0.3 is 0 Å². The SMILES string of the molecule is CCCOCCC(Cc1ccccc1)NC. The van der Waals surface area contributed by atoms with E-state index in [1.54, 1.807) is 0 Å². The van der Waals surface area contributed by atoms with Gasteiger partial charge in [-0.05, 0) is 31.9 Å². The zero-order valence-corrected chi connectivity index (χ0v) is 10.4. The minimum Gasteiger partial charge on any atom is -0.381 e. The maximum atomic E-state index is 5.51. The molecule has 0 radical (unpaired) electrons. The first-order valence-electron chi connectivity index (χ1n) is 6.15. The molecular formula is C14H23NO. The molecule has 1 atom stereocenters. The number of benzene rings is 1. The van der Waals surface area contributed by atoms with Crippen molar-refractivity contribution in [3.05, 3.63) is 35.9 Å². The summed E-state index contributed by atoms with van der Waals surface area (Å²) in [5, 5.41) is 3.35. The quantitative estimate of drug-likeness (QED) is 0.681. The molecule has 90 valence electrons. The van der Waals surface area contributed by atoms with Gasteiger partial charge in [-0.3, -0.25) is 0 Å². The zero-order chi connectivity index (χ0) is 11.6. The van der Waals surface area contributed by atoms with E-state index >= 15 is 0 Å². The minimum atomic E-state index is 0.513. The third-order valence-corrected chi connectivity index (χ3v) is 2.69. The normalized spacial score (nSPS) is 12.6. The van der Waals surface area contributed by atoms with Crippen molar-refractivity contribution < 1.29 is 4.74 Å². The molecule has 16 heavy (non-hydrogen) atoms. The molecule has 0 saturated heterocycles. The molecule has 1 aromatic rings. The van der Waals surface area contributed by atoms with Gasteiger partial charge in [0.1, 0.15) is 0 Å². The highest BCUT2D eigenvalue weighted by Gasteiger charge is 2.06. The molecule has 1 N–H and O–H groups in total. The summed E-state index contributed by atoms with van der Waals surface area (Å²) in [6.07, 6.45) is 3.25. The fraction of sp³-hybridized carbons (Fsp3) is 0.571. The van der Waals surface area contributed by atoms with Crippen molar-refractivity contribution >= 4 is 0 Å². The van der Waals surface area contributed by atoms with Gasteiger partial charge in [-0.1, -0.05) is 37.3 Å². The number of likely N-dealkylation sites (N-methyl/N-ethyl adjacent to an activating group) is 1. The Morgan fingerprint density at radius 3 is 2.56 bits per heavy atom. The van der Waals surface area contributed by atoms with E-state index in [2.05, 4.69) is 42.6 Å². The molecular weight excluding hydrogens is 198 g/mol. The highest BCUT2D eigenvalue weighted by atomic mass is 16.5. The number of hydrogen-bond acceptors (Lipinski definition) is 2. The Morgan fingerprint density at radius 1 is 1.19 bits per heavy atom. The Balaban J connectivity index is 2.26. The van der Waals surface area contributed by atoms with Crippen LogP contribution < -0.4 is 5.32 Å². The van der Waals surface area contributed by atoms with Crippen molar-refractivity contribution in [2.45, 2.75) is 32.2 Å². The van der Waals surface area contributed by atoms with Crippen LogP contribution in [-0.4, -0.2) is 26.3 Å². The first-order chi connectivity index (χ1) is 7.86. The van der Waals surface area contributed by atoms with Crippen LogP contribution in [0.25, 0.3) is 0 Å². The summed E-state index contributed by atoms with van der Waals surface area (Å²) in [6.45, 7) is 3.87. The van der Waals surface area contributed by atoms with Crippen molar-refractivity contribution in [1.29, 1.82) is 0 Å². The molecule has 0 bridgehead atoms. The maximum absolute atomic E-state index is 5.51. The van der Waals surface area contributed by atoms with Crippen LogP contribution in [0, 0.1) is 0 Å². The third-order valence-electron chi connectivity index (χ3n) is 2.69. The largest absolute Gasteiger partial charge is 0.381 e. The van der Waals surface area contributed by atoms with E-state index in [1.165, 1.54) is 5.56 Å². The second-order valence-corrected chi connectivity index (χ2v) is 4.08. The summed E-state index contributed by atoms with van der Waals surface area (Å²) in [7, 11) is 2.02. The van der Waals surface area contributed by atoms with Crippen LogP contribution >= 0.6 is 0 Å². The van der Waals surface area contributed by atoms with Crippen LogP contribution in [0.4, 0.5) is 0 Å². The van der Waals surface area contributed by atoms with E-state index in [9.17, 15) is 0 Å². The van der Waals surface area contributed by atoms with Gasteiger partial charge in [-0.25, -0.2) is 0 Å². The monoisotopic (exact) mass is 221 g/mol. The van der Waals surface area contributed by atoms with Gasteiger partial charge in [0.05, 0.1) is 0 Å². The van der Waals surface area contributed by atoms with Crippen LogP contribution in [-0.2, 0) is 11.2 Å². The Kier molecular flexibility index (Phi) is 6.86. The second-order valence-electron chi connectivity index (χ2n) is 4.08. The number of rotatable bonds is 8. The van der Waals surface area contributed by atoms with Gasteiger partial charge in [0.2, 0.25) is 0 Å². The molecule has 0 aliphatic heterocycles. The van der Waals surface area contributed by atoms with Crippen molar-refractivity contribution in [2.24, 2.45) is 0 Å². The molecule has 0 aliphatic carbocycles. The van der Waals surface area contributed by atoms with E-state index in [4.69, 9.17) is 4.74 Å². The lowest BCUT2D eigenvalue weighted by atomic mass is 10.0. The Labute approximate surface area is 99.0 Å². The first-order valence-corrected chi connectivity index (χ1v) is 6.15. The lowest BCUT2D eigenvalue weighted by Gasteiger charge is -2.16. The topological polar surface area (TPSA) is 21.3 Å².